The van der Waals surface area contributed by atoms with Gasteiger partial charge < -0.3 is 15.2 Å². The van der Waals surface area contributed by atoms with Gasteiger partial charge in [-0.25, -0.2) is 0 Å². The van der Waals surface area contributed by atoms with Gasteiger partial charge in [0, 0.05) is 6.61 Å². The van der Waals surface area contributed by atoms with E-state index in [9.17, 15) is 4.79 Å². The average molecular weight is 237 g/mol. The number of nitrogens with one attached hydrogen (secondary N) is 1. The summed E-state index contributed by atoms with van der Waals surface area (Å²) in [5, 5.41) is 11.5. The minimum Gasteiger partial charge on any atom is -0.480 e. The fraction of sp³-hybridized carbons (Fsp3) is 0.462. The zero-order chi connectivity index (χ0) is 12.5. The van der Waals surface area contributed by atoms with Gasteiger partial charge in [0.2, 0.25) is 0 Å². The molecule has 0 radical (unpaired) electrons. The Bertz CT molecular complexity index is 327. The first kappa shape index (κ1) is 13.7. The maximum Gasteiger partial charge on any atom is 0.320 e. The zero-order valence-electron chi connectivity index (χ0n) is 10.1. The van der Waals surface area contributed by atoms with E-state index in [4.69, 9.17) is 9.84 Å². The predicted octanol–water partition coefficient (Wildman–Crippen LogP) is 1.66. The molecule has 0 saturated heterocycles. The molecule has 2 N–H and O–H groups in total. The Kier molecular flexibility index (Phi) is 6.29. The number of aliphatic carboxylic acids is 1. The van der Waals surface area contributed by atoms with Crippen LogP contribution in [-0.4, -0.2) is 30.3 Å². The van der Waals surface area contributed by atoms with Gasteiger partial charge >= 0.3 is 5.97 Å². The van der Waals surface area contributed by atoms with Crippen LogP contribution in [0, 0.1) is 0 Å². The van der Waals surface area contributed by atoms with Crippen LogP contribution in [0.1, 0.15) is 18.9 Å². The normalized spacial score (nSPS) is 12.3. The Morgan fingerprint density at radius 2 is 2.12 bits per heavy atom. The van der Waals surface area contributed by atoms with Gasteiger partial charge in [-0.05, 0) is 25.5 Å². The van der Waals surface area contributed by atoms with Crippen LogP contribution in [0.5, 0.6) is 0 Å². The summed E-state index contributed by atoms with van der Waals surface area (Å²) in [5.41, 5.74) is 1.15. The van der Waals surface area contributed by atoms with Crippen LogP contribution in [0.4, 0.5) is 0 Å². The highest BCUT2D eigenvalue weighted by molar-refractivity contribution is 5.72. The molecule has 1 aromatic carbocycles. The van der Waals surface area contributed by atoms with E-state index in [1.807, 2.05) is 30.3 Å². The number of carboxylic acid groups (broad SMARTS) is 1. The molecule has 94 valence electrons. The van der Waals surface area contributed by atoms with Crippen molar-refractivity contribution in [3.8, 4) is 0 Å². The number of rotatable bonds is 8. The quantitative estimate of drug-likeness (QED) is 0.675. The van der Waals surface area contributed by atoms with E-state index in [1.165, 1.54) is 0 Å². The minimum atomic E-state index is -0.824. The molecule has 1 atom stereocenters. The fourth-order valence-corrected chi connectivity index (χ4v) is 1.34. The first-order chi connectivity index (χ1) is 8.20. The summed E-state index contributed by atoms with van der Waals surface area (Å²) < 4.78 is 5.47. The van der Waals surface area contributed by atoms with Crippen molar-refractivity contribution in [1.29, 1.82) is 0 Å². The molecule has 0 saturated carbocycles. The standard InChI is InChI=1S/C13H19NO3/c1-11(13(15)16)14-8-5-9-17-10-12-6-3-2-4-7-12/h2-4,6-7,11,14H,5,8-10H2,1H3,(H,15,16). The van der Waals surface area contributed by atoms with Crippen LogP contribution < -0.4 is 5.32 Å². The van der Waals surface area contributed by atoms with Gasteiger partial charge in [-0.15, -0.1) is 0 Å². The number of carboxylic acids is 1. The van der Waals surface area contributed by atoms with Crippen molar-refractivity contribution in [1.82, 2.24) is 5.32 Å². The molecule has 0 bridgehead atoms. The fourth-order valence-electron chi connectivity index (χ4n) is 1.34. The largest absolute Gasteiger partial charge is 0.480 e. The summed E-state index contributed by atoms with van der Waals surface area (Å²) in [7, 11) is 0. The van der Waals surface area contributed by atoms with E-state index < -0.39 is 12.0 Å². The van der Waals surface area contributed by atoms with Crippen molar-refractivity contribution >= 4 is 5.97 Å². The third kappa shape index (κ3) is 6.04. The van der Waals surface area contributed by atoms with Crippen LogP contribution in [-0.2, 0) is 16.1 Å². The summed E-state index contributed by atoms with van der Waals surface area (Å²) >= 11 is 0. The monoisotopic (exact) mass is 237 g/mol. The average Bonchev–Trinajstić information content (AvgIpc) is 2.34. The first-order valence-electron chi connectivity index (χ1n) is 5.78. The molecule has 1 aromatic rings. The minimum absolute atomic E-state index is 0.496. The molecule has 0 aliphatic carbocycles. The van der Waals surface area contributed by atoms with Crippen LogP contribution in [0.2, 0.25) is 0 Å². The van der Waals surface area contributed by atoms with Crippen molar-refractivity contribution in [2.75, 3.05) is 13.2 Å². The second-order valence-electron chi connectivity index (χ2n) is 3.91. The van der Waals surface area contributed by atoms with Crippen molar-refractivity contribution < 1.29 is 14.6 Å². The Morgan fingerprint density at radius 1 is 1.41 bits per heavy atom. The van der Waals surface area contributed by atoms with E-state index in [0.29, 0.717) is 19.8 Å². The molecule has 0 fully saturated rings. The molecule has 1 unspecified atom stereocenters. The summed E-state index contributed by atoms with van der Waals surface area (Å²) in [6.45, 7) is 3.53. The second-order valence-corrected chi connectivity index (χ2v) is 3.91. The van der Waals surface area contributed by atoms with Crippen molar-refractivity contribution in [3.63, 3.8) is 0 Å². The Labute approximate surface area is 102 Å². The van der Waals surface area contributed by atoms with Gasteiger partial charge in [0.15, 0.2) is 0 Å². The molecule has 0 aliphatic heterocycles. The van der Waals surface area contributed by atoms with Crippen LogP contribution >= 0.6 is 0 Å². The van der Waals surface area contributed by atoms with Gasteiger partial charge in [0.25, 0.3) is 0 Å². The van der Waals surface area contributed by atoms with Gasteiger partial charge in [-0.1, -0.05) is 30.3 Å². The van der Waals surface area contributed by atoms with Crippen LogP contribution in [0.25, 0.3) is 0 Å². The molecular weight excluding hydrogens is 218 g/mol. The van der Waals surface area contributed by atoms with Crippen LogP contribution in [0.15, 0.2) is 30.3 Å². The molecular formula is C13H19NO3. The van der Waals surface area contributed by atoms with Gasteiger partial charge in [-0.2, -0.15) is 0 Å². The second kappa shape index (κ2) is 7.81. The predicted molar refractivity (Wildman–Crippen MR) is 65.8 cm³/mol. The third-order valence-electron chi connectivity index (χ3n) is 2.40. The molecule has 1 rings (SSSR count). The maximum absolute atomic E-state index is 10.5. The molecule has 0 aromatic heterocycles. The number of hydrogen-bond donors (Lipinski definition) is 2. The first-order valence-corrected chi connectivity index (χ1v) is 5.78. The van der Waals surface area contributed by atoms with E-state index in [2.05, 4.69) is 5.32 Å². The van der Waals surface area contributed by atoms with Crippen LogP contribution in [0.3, 0.4) is 0 Å². The lowest BCUT2D eigenvalue weighted by atomic mass is 10.2. The highest BCUT2D eigenvalue weighted by Gasteiger charge is 2.07. The molecule has 4 heteroatoms. The lowest BCUT2D eigenvalue weighted by Crippen LogP contribution is -2.34. The lowest BCUT2D eigenvalue weighted by Gasteiger charge is -2.09. The summed E-state index contributed by atoms with van der Waals surface area (Å²) in [6.07, 6.45) is 0.810. The highest BCUT2D eigenvalue weighted by Crippen LogP contribution is 2.00. The van der Waals surface area contributed by atoms with Gasteiger partial charge in [0.05, 0.1) is 6.61 Å². The molecule has 17 heavy (non-hydrogen) atoms. The van der Waals surface area contributed by atoms with Gasteiger partial charge in [-0.3, -0.25) is 4.79 Å². The van der Waals surface area contributed by atoms with E-state index in [0.717, 1.165) is 12.0 Å². The van der Waals surface area contributed by atoms with Crippen molar-refractivity contribution in [3.05, 3.63) is 35.9 Å². The maximum atomic E-state index is 10.5. The smallest absolute Gasteiger partial charge is 0.320 e. The Hall–Kier alpha value is -1.39. The summed E-state index contributed by atoms with van der Waals surface area (Å²) in [5.74, 6) is -0.824. The molecule has 0 aliphatic rings. The number of carbonyl (C=O) groups is 1. The summed E-state index contributed by atoms with van der Waals surface area (Å²) in [4.78, 5) is 10.5. The molecule has 0 spiro atoms. The molecule has 0 heterocycles. The molecule has 4 nitrogen and oxygen atoms in total. The third-order valence-corrected chi connectivity index (χ3v) is 2.40. The topological polar surface area (TPSA) is 58.6 Å². The highest BCUT2D eigenvalue weighted by atomic mass is 16.5. The SMILES string of the molecule is CC(NCCCOCc1ccccc1)C(=O)O. The number of ether oxygens (including phenoxy) is 1. The van der Waals surface area contributed by atoms with Gasteiger partial charge in [0.1, 0.15) is 6.04 Å². The van der Waals surface area contributed by atoms with Crippen molar-refractivity contribution in [2.45, 2.75) is 26.0 Å². The van der Waals surface area contributed by atoms with E-state index in [-0.39, 0.29) is 0 Å². The number of hydrogen-bond acceptors (Lipinski definition) is 3. The van der Waals surface area contributed by atoms with Crippen molar-refractivity contribution in [2.24, 2.45) is 0 Å². The molecule has 0 amide bonds. The van der Waals surface area contributed by atoms with E-state index >= 15 is 0 Å². The number of benzene rings is 1. The zero-order valence-corrected chi connectivity index (χ0v) is 10.1. The van der Waals surface area contributed by atoms with E-state index in [1.54, 1.807) is 6.92 Å². The summed E-state index contributed by atoms with van der Waals surface area (Å²) in [6, 6.07) is 9.48. The Morgan fingerprint density at radius 3 is 2.76 bits per heavy atom. The Balaban J connectivity index is 2.00. The lowest BCUT2D eigenvalue weighted by molar-refractivity contribution is -0.139.